The molecule has 1 atom stereocenters. The molecule has 0 radical (unpaired) electrons. The van der Waals surface area contributed by atoms with Crippen LogP contribution in [0.1, 0.15) is 412 Å². The SMILES string of the molecule is CCCCCCC/C=C\C/C=C\CCCCCCCCCCCCCCCC(=O)OCC(COC(=O)CCCCCCC/C=C\CCCCCCC)OC(=O)CCCCCCCCCCCCCCCCCCCCCCCCCCC. The summed E-state index contributed by atoms with van der Waals surface area (Å²) in [6, 6.07) is 0. The normalized spacial score (nSPS) is 12.2. The molecule has 1 unspecified atom stereocenters. The maximum Gasteiger partial charge on any atom is 0.306 e. The zero-order valence-electron chi connectivity index (χ0n) is 55.5. The molecule has 6 heteroatoms. The van der Waals surface area contributed by atoms with E-state index >= 15 is 0 Å². The monoisotopic (exact) mass is 1150 g/mol. The molecule has 82 heavy (non-hydrogen) atoms. The summed E-state index contributed by atoms with van der Waals surface area (Å²) in [6.07, 6.45) is 89.0. The summed E-state index contributed by atoms with van der Waals surface area (Å²) in [7, 11) is 0. The van der Waals surface area contributed by atoms with Gasteiger partial charge in [-0.3, -0.25) is 14.4 Å². The first kappa shape index (κ1) is 79.6. The molecule has 0 aliphatic rings. The van der Waals surface area contributed by atoms with E-state index in [1.165, 1.54) is 302 Å². The van der Waals surface area contributed by atoms with Crippen LogP contribution >= 0.6 is 0 Å². The van der Waals surface area contributed by atoms with E-state index in [2.05, 4.69) is 57.2 Å². The van der Waals surface area contributed by atoms with Crippen LogP contribution in [0, 0.1) is 0 Å². The van der Waals surface area contributed by atoms with E-state index in [0.29, 0.717) is 19.3 Å². The van der Waals surface area contributed by atoms with Gasteiger partial charge in [-0.15, -0.1) is 0 Å². The molecular weight excluding hydrogens is 1010 g/mol. The fourth-order valence-corrected chi connectivity index (χ4v) is 11.3. The number of rotatable bonds is 69. The lowest BCUT2D eigenvalue weighted by atomic mass is 10.0. The summed E-state index contributed by atoms with van der Waals surface area (Å²) in [4.78, 5) is 38.5. The molecular formula is C76H142O6. The largest absolute Gasteiger partial charge is 0.462 e. The predicted octanol–water partition coefficient (Wildman–Crippen LogP) is 25.5. The van der Waals surface area contributed by atoms with Gasteiger partial charge in [-0.25, -0.2) is 0 Å². The van der Waals surface area contributed by atoms with Crippen LogP contribution in [0.4, 0.5) is 0 Å². The summed E-state index contributed by atoms with van der Waals surface area (Å²) in [5.74, 6) is -0.848. The summed E-state index contributed by atoms with van der Waals surface area (Å²) >= 11 is 0. The molecule has 0 spiro atoms. The highest BCUT2D eigenvalue weighted by Gasteiger charge is 2.19. The van der Waals surface area contributed by atoms with Gasteiger partial charge in [0.1, 0.15) is 13.2 Å². The van der Waals surface area contributed by atoms with E-state index in [-0.39, 0.29) is 31.1 Å². The lowest BCUT2D eigenvalue weighted by molar-refractivity contribution is -0.167. The second kappa shape index (κ2) is 71.1. The van der Waals surface area contributed by atoms with Crippen molar-refractivity contribution in [1.82, 2.24) is 0 Å². The van der Waals surface area contributed by atoms with E-state index in [4.69, 9.17) is 14.2 Å². The zero-order chi connectivity index (χ0) is 59.2. The van der Waals surface area contributed by atoms with Gasteiger partial charge in [0.15, 0.2) is 6.10 Å². The van der Waals surface area contributed by atoms with Gasteiger partial charge in [0.25, 0.3) is 0 Å². The molecule has 0 bridgehead atoms. The highest BCUT2D eigenvalue weighted by atomic mass is 16.6. The summed E-state index contributed by atoms with van der Waals surface area (Å²) in [5, 5.41) is 0. The van der Waals surface area contributed by atoms with Crippen LogP contribution in [-0.4, -0.2) is 37.2 Å². The number of esters is 3. The van der Waals surface area contributed by atoms with Crippen molar-refractivity contribution >= 4 is 17.9 Å². The Labute approximate surface area is 512 Å². The lowest BCUT2D eigenvalue weighted by Crippen LogP contribution is -2.30. The first-order valence-electron chi connectivity index (χ1n) is 37.0. The number of carbonyl (C=O) groups is 3. The van der Waals surface area contributed by atoms with E-state index in [1.807, 2.05) is 0 Å². The van der Waals surface area contributed by atoms with Gasteiger partial charge in [0.2, 0.25) is 0 Å². The quantitative estimate of drug-likeness (QED) is 0.0261. The van der Waals surface area contributed by atoms with Gasteiger partial charge in [0.05, 0.1) is 0 Å². The highest BCUT2D eigenvalue weighted by molar-refractivity contribution is 5.71. The van der Waals surface area contributed by atoms with Crippen molar-refractivity contribution < 1.29 is 28.6 Å². The molecule has 0 aromatic carbocycles. The molecule has 0 aromatic heterocycles. The predicted molar refractivity (Wildman–Crippen MR) is 358 cm³/mol. The smallest absolute Gasteiger partial charge is 0.306 e. The molecule has 6 nitrogen and oxygen atoms in total. The third kappa shape index (κ3) is 68.4. The second-order valence-corrected chi connectivity index (χ2v) is 25.2. The number of ether oxygens (including phenoxy) is 3. The van der Waals surface area contributed by atoms with Crippen molar-refractivity contribution in [2.45, 2.75) is 419 Å². The summed E-state index contributed by atoms with van der Waals surface area (Å²) < 4.78 is 17.0. The van der Waals surface area contributed by atoms with Crippen molar-refractivity contribution in [1.29, 1.82) is 0 Å². The fourth-order valence-electron chi connectivity index (χ4n) is 11.3. The lowest BCUT2D eigenvalue weighted by Gasteiger charge is -2.18. The van der Waals surface area contributed by atoms with Gasteiger partial charge in [-0.1, -0.05) is 353 Å². The van der Waals surface area contributed by atoms with Gasteiger partial charge < -0.3 is 14.2 Å². The Hall–Kier alpha value is -2.37. The van der Waals surface area contributed by atoms with Crippen LogP contribution in [-0.2, 0) is 28.6 Å². The van der Waals surface area contributed by atoms with Crippen LogP contribution in [0.2, 0.25) is 0 Å². The minimum Gasteiger partial charge on any atom is -0.462 e. The average molecular weight is 1150 g/mol. The van der Waals surface area contributed by atoms with Gasteiger partial charge in [-0.2, -0.15) is 0 Å². The maximum absolute atomic E-state index is 13.0. The minimum absolute atomic E-state index is 0.0700. The Bertz CT molecular complexity index is 1370. The fraction of sp³-hybridized carbons (Fsp3) is 0.882. The van der Waals surface area contributed by atoms with Crippen LogP contribution in [0.3, 0.4) is 0 Å². The number of allylic oxidation sites excluding steroid dienone is 6. The van der Waals surface area contributed by atoms with Gasteiger partial charge >= 0.3 is 17.9 Å². The number of unbranched alkanes of at least 4 members (excludes halogenated alkanes) is 52. The molecule has 0 rings (SSSR count). The number of hydrogen-bond donors (Lipinski definition) is 0. The van der Waals surface area contributed by atoms with Gasteiger partial charge in [0, 0.05) is 19.3 Å². The van der Waals surface area contributed by atoms with Crippen LogP contribution < -0.4 is 0 Å². The van der Waals surface area contributed by atoms with E-state index in [9.17, 15) is 14.4 Å². The molecule has 482 valence electrons. The Morgan fingerprint density at radius 1 is 0.244 bits per heavy atom. The van der Waals surface area contributed by atoms with Crippen molar-refractivity contribution in [3.05, 3.63) is 36.5 Å². The Kier molecular flexibility index (Phi) is 69.1. The molecule has 0 heterocycles. The molecule has 0 amide bonds. The molecule has 0 saturated carbocycles. The van der Waals surface area contributed by atoms with E-state index in [1.54, 1.807) is 0 Å². The van der Waals surface area contributed by atoms with E-state index < -0.39 is 6.10 Å². The van der Waals surface area contributed by atoms with Crippen molar-refractivity contribution in [2.24, 2.45) is 0 Å². The van der Waals surface area contributed by atoms with Crippen molar-refractivity contribution in [2.75, 3.05) is 13.2 Å². The van der Waals surface area contributed by atoms with Gasteiger partial charge in [-0.05, 0) is 77.0 Å². The zero-order valence-corrected chi connectivity index (χ0v) is 55.5. The van der Waals surface area contributed by atoms with Crippen LogP contribution in [0.5, 0.6) is 0 Å². The summed E-state index contributed by atoms with van der Waals surface area (Å²) in [6.45, 7) is 6.69. The molecule has 0 aromatic rings. The molecule has 0 fully saturated rings. The number of hydrogen-bond acceptors (Lipinski definition) is 6. The standard InChI is InChI=1S/C76H142O6/c1-4-7-10-13-16-19-22-25-28-30-32-34-36-38-40-42-44-46-48-51-54-57-60-63-66-69-75(78)81-72-73(71-80-74(77)68-65-62-59-56-53-50-27-24-21-18-15-12-9-6-3)82-76(79)70-67-64-61-58-55-52-49-47-45-43-41-39-37-35-33-31-29-26-23-20-17-14-11-8-5-2/h22,24-25,27,30,32,73H,4-21,23,26,28-29,31,33-72H2,1-3H3/b25-22-,27-24-,32-30-. The Morgan fingerprint density at radius 3 is 0.683 bits per heavy atom. The van der Waals surface area contributed by atoms with Crippen molar-refractivity contribution in [3.8, 4) is 0 Å². The topological polar surface area (TPSA) is 78.9 Å². The van der Waals surface area contributed by atoms with Crippen LogP contribution in [0.25, 0.3) is 0 Å². The third-order valence-corrected chi connectivity index (χ3v) is 16.9. The number of carbonyl (C=O) groups excluding carboxylic acids is 3. The average Bonchev–Trinajstić information content (AvgIpc) is 3.47. The molecule has 0 aliphatic carbocycles. The van der Waals surface area contributed by atoms with Crippen LogP contribution in [0.15, 0.2) is 36.5 Å². The molecule has 0 saturated heterocycles. The second-order valence-electron chi connectivity index (χ2n) is 25.2. The molecule has 0 aliphatic heterocycles. The first-order valence-corrected chi connectivity index (χ1v) is 37.0. The first-order chi connectivity index (χ1) is 40.5. The van der Waals surface area contributed by atoms with Crippen molar-refractivity contribution in [3.63, 3.8) is 0 Å². The Morgan fingerprint density at radius 2 is 0.439 bits per heavy atom. The minimum atomic E-state index is -0.775. The Balaban J connectivity index is 4.23. The summed E-state index contributed by atoms with van der Waals surface area (Å²) in [5.41, 5.74) is 0. The third-order valence-electron chi connectivity index (χ3n) is 16.9. The van der Waals surface area contributed by atoms with E-state index in [0.717, 1.165) is 70.6 Å². The maximum atomic E-state index is 13.0. The molecule has 0 N–H and O–H groups in total. The highest BCUT2D eigenvalue weighted by Crippen LogP contribution is 2.19.